The number of nitro groups is 1. The van der Waals surface area contributed by atoms with Crippen LogP contribution in [0.25, 0.3) is 0 Å². The molecule has 8 nitrogen and oxygen atoms in total. The Balaban J connectivity index is 2.26. The molecule has 0 saturated heterocycles. The lowest BCUT2D eigenvalue weighted by atomic mass is 10.2. The van der Waals surface area contributed by atoms with Gasteiger partial charge in [-0.1, -0.05) is 13.8 Å². The Labute approximate surface area is 140 Å². The number of nitrogens with zero attached hydrogens (tertiary/aromatic N) is 3. The predicted molar refractivity (Wildman–Crippen MR) is 88.1 cm³/mol. The van der Waals surface area contributed by atoms with E-state index in [9.17, 15) is 19.7 Å². The van der Waals surface area contributed by atoms with Gasteiger partial charge in [0.2, 0.25) is 5.91 Å². The Kier molecular flexibility index (Phi) is 5.73. The van der Waals surface area contributed by atoms with Crippen LogP contribution in [0.2, 0.25) is 0 Å². The van der Waals surface area contributed by atoms with Crippen molar-refractivity contribution >= 4 is 23.2 Å². The van der Waals surface area contributed by atoms with Gasteiger partial charge in [-0.3, -0.25) is 24.6 Å². The highest BCUT2D eigenvalue weighted by Gasteiger charge is 2.30. The van der Waals surface area contributed by atoms with Crippen molar-refractivity contribution in [3.05, 3.63) is 28.3 Å². The first-order valence-corrected chi connectivity index (χ1v) is 7.97. The minimum Gasteiger partial charge on any atom is -0.482 e. The zero-order valence-electron chi connectivity index (χ0n) is 13.9. The molecule has 1 aliphatic heterocycles. The number of hydrogen-bond acceptors (Lipinski definition) is 5. The number of carbonyl (C=O) groups is 2. The summed E-state index contributed by atoms with van der Waals surface area (Å²) in [5.74, 6) is -0.193. The molecule has 0 N–H and O–H groups in total. The molecule has 1 aromatic carbocycles. The van der Waals surface area contributed by atoms with Crippen LogP contribution in [0, 0.1) is 10.1 Å². The van der Waals surface area contributed by atoms with Gasteiger partial charge in [0.05, 0.1) is 10.6 Å². The van der Waals surface area contributed by atoms with E-state index in [1.54, 1.807) is 4.90 Å². The lowest BCUT2D eigenvalue weighted by molar-refractivity contribution is -0.384. The second kappa shape index (κ2) is 7.76. The molecule has 0 fully saturated rings. The summed E-state index contributed by atoms with van der Waals surface area (Å²) in [6.45, 7) is 4.87. The summed E-state index contributed by atoms with van der Waals surface area (Å²) in [7, 11) is 0. The summed E-state index contributed by atoms with van der Waals surface area (Å²) in [5, 5.41) is 11.0. The highest BCUT2D eigenvalue weighted by molar-refractivity contribution is 6.02. The maximum atomic E-state index is 12.5. The average Bonchev–Trinajstić information content (AvgIpc) is 2.56. The number of anilines is 1. The Morgan fingerprint density at radius 3 is 2.58 bits per heavy atom. The monoisotopic (exact) mass is 335 g/mol. The lowest BCUT2D eigenvalue weighted by Crippen LogP contribution is -2.46. The van der Waals surface area contributed by atoms with Gasteiger partial charge >= 0.3 is 0 Å². The topological polar surface area (TPSA) is 93.0 Å². The summed E-state index contributed by atoms with van der Waals surface area (Å²) >= 11 is 0. The SMILES string of the molecule is CCCN(CCC)C(=O)CN1C(=O)COc2ccc([N+](=O)[O-])cc21. The molecule has 24 heavy (non-hydrogen) atoms. The highest BCUT2D eigenvalue weighted by Crippen LogP contribution is 2.35. The number of benzene rings is 1. The molecule has 2 rings (SSSR count). The average molecular weight is 335 g/mol. The first-order valence-electron chi connectivity index (χ1n) is 7.97. The van der Waals surface area contributed by atoms with Crippen LogP contribution in [-0.4, -0.2) is 47.9 Å². The Bertz CT molecular complexity index is 641. The molecule has 0 aliphatic carbocycles. The smallest absolute Gasteiger partial charge is 0.271 e. The van der Waals surface area contributed by atoms with E-state index in [0.29, 0.717) is 18.8 Å². The van der Waals surface area contributed by atoms with E-state index in [0.717, 1.165) is 12.8 Å². The number of non-ortho nitro benzene ring substituents is 1. The van der Waals surface area contributed by atoms with Crippen LogP contribution in [0.15, 0.2) is 18.2 Å². The molecule has 0 aromatic heterocycles. The molecule has 8 heteroatoms. The first kappa shape index (κ1) is 17.7. The third-order valence-corrected chi connectivity index (χ3v) is 3.73. The number of carbonyl (C=O) groups excluding carboxylic acids is 2. The van der Waals surface area contributed by atoms with Gasteiger partial charge in [0, 0.05) is 25.2 Å². The lowest BCUT2D eigenvalue weighted by Gasteiger charge is -2.31. The van der Waals surface area contributed by atoms with Crippen molar-refractivity contribution < 1.29 is 19.2 Å². The van der Waals surface area contributed by atoms with Gasteiger partial charge in [0.25, 0.3) is 11.6 Å². The highest BCUT2D eigenvalue weighted by atomic mass is 16.6. The van der Waals surface area contributed by atoms with Crippen LogP contribution in [-0.2, 0) is 9.59 Å². The van der Waals surface area contributed by atoms with Crippen LogP contribution in [0.4, 0.5) is 11.4 Å². The molecular weight excluding hydrogens is 314 g/mol. The van der Waals surface area contributed by atoms with E-state index in [4.69, 9.17) is 4.74 Å². The fourth-order valence-electron chi connectivity index (χ4n) is 2.61. The van der Waals surface area contributed by atoms with E-state index >= 15 is 0 Å². The van der Waals surface area contributed by atoms with Crippen molar-refractivity contribution in [2.75, 3.05) is 31.1 Å². The summed E-state index contributed by atoms with van der Waals surface area (Å²) in [6, 6.07) is 4.03. The molecule has 0 atom stereocenters. The third kappa shape index (κ3) is 3.81. The van der Waals surface area contributed by atoms with E-state index in [-0.39, 0.29) is 36.3 Å². The van der Waals surface area contributed by atoms with Crippen molar-refractivity contribution in [1.29, 1.82) is 0 Å². The summed E-state index contributed by atoms with van der Waals surface area (Å²) in [4.78, 5) is 38.1. The Hall–Kier alpha value is -2.64. The van der Waals surface area contributed by atoms with Crippen molar-refractivity contribution in [3.63, 3.8) is 0 Å². The molecule has 1 heterocycles. The number of hydrogen-bond donors (Lipinski definition) is 0. The van der Waals surface area contributed by atoms with E-state index in [1.165, 1.54) is 23.1 Å². The minimum atomic E-state index is -0.542. The second-order valence-corrected chi connectivity index (χ2v) is 5.56. The summed E-state index contributed by atoms with van der Waals surface area (Å²) < 4.78 is 5.30. The molecule has 0 bridgehead atoms. The zero-order valence-corrected chi connectivity index (χ0v) is 13.9. The number of rotatable bonds is 7. The maximum Gasteiger partial charge on any atom is 0.271 e. The standard InChI is InChI=1S/C16H21N3O5/c1-3-7-17(8-4-2)15(20)10-18-13-9-12(19(22)23)5-6-14(13)24-11-16(18)21/h5-6,9H,3-4,7-8,10-11H2,1-2H3. The van der Waals surface area contributed by atoms with E-state index < -0.39 is 4.92 Å². The van der Waals surface area contributed by atoms with Gasteiger partial charge < -0.3 is 9.64 Å². The van der Waals surface area contributed by atoms with Crippen LogP contribution in [0.1, 0.15) is 26.7 Å². The van der Waals surface area contributed by atoms with Crippen molar-refractivity contribution in [2.45, 2.75) is 26.7 Å². The Morgan fingerprint density at radius 2 is 2.00 bits per heavy atom. The minimum absolute atomic E-state index is 0.142. The van der Waals surface area contributed by atoms with Gasteiger partial charge in [0.15, 0.2) is 6.61 Å². The summed E-state index contributed by atoms with van der Waals surface area (Å²) in [6.07, 6.45) is 1.65. The number of amides is 2. The molecule has 1 aromatic rings. The Morgan fingerprint density at radius 1 is 1.33 bits per heavy atom. The predicted octanol–water partition coefficient (Wildman–Crippen LogP) is 1.97. The zero-order chi connectivity index (χ0) is 17.7. The van der Waals surface area contributed by atoms with Crippen molar-refractivity contribution in [2.24, 2.45) is 0 Å². The van der Waals surface area contributed by atoms with Crippen LogP contribution in [0.5, 0.6) is 5.75 Å². The molecule has 1 aliphatic rings. The quantitative estimate of drug-likeness (QED) is 0.561. The number of ether oxygens (including phenoxy) is 1. The van der Waals surface area contributed by atoms with Gasteiger partial charge in [-0.15, -0.1) is 0 Å². The van der Waals surface area contributed by atoms with E-state index in [2.05, 4.69) is 0 Å². The fraction of sp³-hybridized carbons (Fsp3) is 0.500. The normalized spacial score (nSPS) is 13.2. The molecular formula is C16H21N3O5. The van der Waals surface area contributed by atoms with Gasteiger partial charge in [-0.05, 0) is 18.9 Å². The molecule has 0 saturated carbocycles. The largest absolute Gasteiger partial charge is 0.482 e. The molecule has 2 amide bonds. The third-order valence-electron chi connectivity index (χ3n) is 3.73. The van der Waals surface area contributed by atoms with Crippen molar-refractivity contribution in [1.82, 2.24) is 4.90 Å². The first-order chi connectivity index (χ1) is 11.5. The van der Waals surface area contributed by atoms with Crippen LogP contribution in [0.3, 0.4) is 0 Å². The number of fused-ring (bicyclic) bond motifs is 1. The maximum absolute atomic E-state index is 12.5. The summed E-state index contributed by atoms with van der Waals surface area (Å²) in [5.41, 5.74) is 0.116. The molecule has 130 valence electrons. The molecule has 0 unspecified atom stereocenters. The van der Waals surface area contributed by atoms with Crippen molar-refractivity contribution in [3.8, 4) is 5.75 Å². The fourth-order valence-corrected chi connectivity index (χ4v) is 2.61. The van der Waals surface area contributed by atoms with Gasteiger partial charge in [-0.2, -0.15) is 0 Å². The van der Waals surface area contributed by atoms with Gasteiger partial charge in [0.1, 0.15) is 12.3 Å². The molecule has 0 radical (unpaired) electrons. The second-order valence-electron chi connectivity index (χ2n) is 5.56. The number of nitro benzene ring substituents is 1. The van der Waals surface area contributed by atoms with Crippen LogP contribution < -0.4 is 9.64 Å². The van der Waals surface area contributed by atoms with E-state index in [1.807, 2.05) is 13.8 Å². The van der Waals surface area contributed by atoms with Crippen LogP contribution >= 0.6 is 0 Å². The molecule has 0 spiro atoms. The van der Waals surface area contributed by atoms with Gasteiger partial charge in [-0.25, -0.2) is 0 Å².